The number of hydrogen-bond acceptors (Lipinski definition) is 2. The Balaban J connectivity index is 2.29. The van der Waals surface area contributed by atoms with Crippen LogP contribution < -0.4 is 0 Å². The van der Waals surface area contributed by atoms with E-state index in [0.29, 0.717) is 5.88 Å². The van der Waals surface area contributed by atoms with Crippen molar-refractivity contribution in [3.63, 3.8) is 0 Å². The van der Waals surface area contributed by atoms with Gasteiger partial charge in [-0.25, -0.2) is 4.98 Å². The SMILES string of the molecule is CCCN(CC)CCn1c(CCCl)nc2cccc(C)c21. The Hall–Kier alpha value is -1.06. The summed E-state index contributed by atoms with van der Waals surface area (Å²) in [5.41, 5.74) is 3.65. The van der Waals surface area contributed by atoms with Crippen LogP contribution in [0.1, 0.15) is 31.7 Å². The summed E-state index contributed by atoms with van der Waals surface area (Å²) in [5.74, 6) is 1.73. The number of aryl methyl sites for hydroxylation is 2. The highest BCUT2D eigenvalue weighted by Gasteiger charge is 2.13. The maximum Gasteiger partial charge on any atom is 0.111 e. The quantitative estimate of drug-likeness (QED) is 0.691. The number of benzene rings is 1. The minimum absolute atomic E-state index is 0.620. The molecular formula is C17H26ClN3. The second-order valence-corrected chi connectivity index (χ2v) is 5.87. The van der Waals surface area contributed by atoms with Crippen LogP contribution in [0.3, 0.4) is 0 Å². The van der Waals surface area contributed by atoms with Gasteiger partial charge in [-0.2, -0.15) is 0 Å². The summed E-state index contributed by atoms with van der Waals surface area (Å²) in [7, 11) is 0. The molecule has 1 aromatic heterocycles. The topological polar surface area (TPSA) is 21.1 Å². The Morgan fingerprint density at radius 1 is 1.24 bits per heavy atom. The molecule has 0 bridgehead atoms. The van der Waals surface area contributed by atoms with E-state index in [9.17, 15) is 0 Å². The van der Waals surface area contributed by atoms with Crippen molar-refractivity contribution in [3.8, 4) is 0 Å². The van der Waals surface area contributed by atoms with Crippen LogP contribution in [-0.4, -0.2) is 40.0 Å². The number of rotatable bonds is 8. The normalized spacial score (nSPS) is 11.7. The fraction of sp³-hybridized carbons (Fsp3) is 0.588. The molecule has 116 valence electrons. The smallest absolute Gasteiger partial charge is 0.111 e. The summed E-state index contributed by atoms with van der Waals surface area (Å²) in [6, 6.07) is 6.34. The van der Waals surface area contributed by atoms with Crippen molar-refractivity contribution in [2.75, 3.05) is 25.5 Å². The van der Waals surface area contributed by atoms with Gasteiger partial charge in [0.2, 0.25) is 0 Å². The lowest BCUT2D eigenvalue weighted by Crippen LogP contribution is -2.28. The number of hydrogen-bond donors (Lipinski definition) is 0. The van der Waals surface area contributed by atoms with E-state index in [0.717, 1.165) is 43.9 Å². The van der Waals surface area contributed by atoms with Crippen molar-refractivity contribution in [1.82, 2.24) is 14.5 Å². The van der Waals surface area contributed by atoms with Gasteiger partial charge in [-0.15, -0.1) is 11.6 Å². The highest BCUT2D eigenvalue weighted by atomic mass is 35.5. The molecule has 0 aliphatic heterocycles. The van der Waals surface area contributed by atoms with Crippen LogP contribution in [0.25, 0.3) is 11.0 Å². The molecule has 2 aromatic rings. The number of likely N-dealkylation sites (N-methyl/N-ethyl adjacent to an activating group) is 1. The highest BCUT2D eigenvalue weighted by molar-refractivity contribution is 6.17. The van der Waals surface area contributed by atoms with Crippen LogP contribution >= 0.6 is 11.6 Å². The molecule has 1 aromatic carbocycles. The first kappa shape index (κ1) is 16.3. The highest BCUT2D eigenvalue weighted by Crippen LogP contribution is 2.20. The first-order chi connectivity index (χ1) is 10.2. The van der Waals surface area contributed by atoms with Crippen LogP contribution in [0, 0.1) is 6.92 Å². The fourth-order valence-corrected chi connectivity index (χ4v) is 3.08. The van der Waals surface area contributed by atoms with E-state index in [1.54, 1.807) is 0 Å². The summed E-state index contributed by atoms with van der Waals surface area (Å²) >= 11 is 5.95. The second-order valence-electron chi connectivity index (χ2n) is 5.50. The largest absolute Gasteiger partial charge is 0.326 e. The molecule has 0 aliphatic rings. The van der Waals surface area contributed by atoms with Gasteiger partial charge in [0.05, 0.1) is 11.0 Å². The molecule has 21 heavy (non-hydrogen) atoms. The van der Waals surface area contributed by atoms with Gasteiger partial charge in [0.25, 0.3) is 0 Å². The maximum absolute atomic E-state index is 5.95. The lowest BCUT2D eigenvalue weighted by molar-refractivity contribution is 0.277. The van der Waals surface area contributed by atoms with Gasteiger partial charge >= 0.3 is 0 Å². The van der Waals surface area contributed by atoms with Crippen molar-refractivity contribution in [3.05, 3.63) is 29.6 Å². The number of aromatic nitrogens is 2. The van der Waals surface area contributed by atoms with Gasteiger partial charge in [-0.1, -0.05) is 26.0 Å². The number of nitrogens with zero attached hydrogens (tertiary/aromatic N) is 3. The number of imidazole rings is 1. The lowest BCUT2D eigenvalue weighted by atomic mass is 10.2. The molecule has 0 saturated heterocycles. The number of alkyl halides is 1. The third-order valence-electron chi connectivity index (χ3n) is 3.99. The third kappa shape index (κ3) is 3.78. The standard InChI is InChI=1S/C17H26ClN3/c1-4-11-20(5-2)12-13-21-16(9-10-18)19-15-8-6-7-14(3)17(15)21/h6-8H,4-5,9-13H2,1-3H3. The zero-order valence-electron chi connectivity index (χ0n) is 13.4. The molecule has 0 aliphatic carbocycles. The first-order valence-corrected chi connectivity index (χ1v) is 8.47. The summed E-state index contributed by atoms with van der Waals surface area (Å²) in [6.07, 6.45) is 2.03. The van der Waals surface area contributed by atoms with Crippen LogP contribution in [0.15, 0.2) is 18.2 Å². The van der Waals surface area contributed by atoms with Gasteiger partial charge in [0.15, 0.2) is 0 Å². The molecule has 0 atom stereocenters. The van der Waals surface area contributed by atoms with Crippen LogP contribution in [0.2, 0.25) is 0 Å². The number of fused-ring (bicyclic) bond motifs is 1. The van der Waals surface area contributed by atoms with Crippen molar-refractivity contribution in [2.45, 2.75) is 40.2 Å². The maximum atomic E-state index is 5.95. The van der Waals surface area contributed by atoms with E-state index < -0.39 is 0 Å². The van der Waals surface area contributed by atoms with E-state index in [2.05, 4.69) is 48.4 Å². The van der Waals surface area contributed by atoms with Gasteiger partial charge in [-0.05, 0) is 38.1 Å². The summed E-state index contributed by atoms with van der Waals surface area (Å²) in [4.78, 5) is 7.27. The molecule has 0 radical (unpaired) electrons. The molecule has 0 saturated carbocycles. The lowest BCUT2D eigenvalue weighted by Gasteiger charge is -2.21. The number of para-hydroxylation sites is 1. The molecule has 0 unspecified atom stereocenters. The molecular weight excluding hydrogens is 282 g/mol. The summed E-state index contributed by atoms with van der Waals surface area (Å²) < 4.78 is 2.37. The van der Waals surface area contributed by atoms with E-state index in [-0.39, 0.29) is 0 Å². The van der Waals surface area contributed by atoms with E-state index in [4.69, 9.17) is 16.6 Å². The molecule has 0 amide bonds. The van der Waals surface area contributed by atoms with Gasteiger partial charge < -0.3 is 9.47 Å². The minimum atomic E-state index is 0.620. The van der Waals surface area contributed by atoms with Crippen molar-refractivity contribution < 1.29 is 0 Å². The number of halogens is 1. The molecule has 0 spiro atoms. The molecule has 3 nitrogen and oxygen atoms in total. The summed E-state index contributed by atoms with van der Waals surface area (Å²) in [5, 5.41) is 0. The van der Waals surface area contributed by atoms with Crippen LogP contribution in [0.5, 0.6) is 0 Å². The van der Waals surface area contributed by atoms with Crippen LogP contribution in [-0.2, 0) is 13.0 Å². The Morgan fingerprint density at radius 2 is 2.05 bits per heavy atom. The summed E-state index contributed by atoms with van der Waals surface area (Å²) in [6.45, 7) is 10.9. The monoisotopic (exact) mass is 307 g/mol. The molecule has 2 rings (SSSR count). The Labute approximate surface area is 132 Å². The van der Waals surface area contributed by atoms with Crippen molar-refractivity contribution in [2.24, 2.45) is 0 Å². The van der Waals surface area contributed by atoms with E-state index in [1.165, 1.54) is 17.5 Å². The Kier molecular flexibility index (Phi) is 6.07. The molecule has 4 heteroatoms. The molecule has 1 heterocycles. The molecule has 0 fully saturated rings. The molecule has 0 N–H and O–H groups in total. The Bertz CT molecular complexity index is 577. The predicted molar refractivity (Wildman–Crippen MR) is 91.3 cm³/mol. The minimum Gasteiger partial charge on any atom is -0.326 e. The van der Waals surface area contributed by atoms with Crippen LogP contribution in [0.4, 0.5) is 0 Å². The van der Waals surface area contributed by atoms with Gasteiger partial charge in [-0.3, -0.25) is 0 Å². The average molecular weight is 308 g/mol. The zero-order chi connectivity index (χ0) is 15.2. The third-order valence-corrected chi connectivity index (χ3v) is 4.18. The zero-order valence-corrected chi connectivity index (χ0v) is 14.2. The van der Waals surface area contributed by atoms with E-state index >= 15 is 0 Å². The van der Waals surface area contributed by atoms with Crippen molar-refractivity contribution >= 4 is 22.6 Å². The second kappa shape index (κ2) is 7.81. The van der Waals surface area contributed by atoms with E-state index in [1.807, 2.05) is 0 Å². The first-order valence-electron chi connectivity index (χ1n) is 7.94. The van der Waals surface area contributed by atoms with Gasteiger partial charge in [0, 0.05) is 25.4 Å². The Morgan fingerprint density at radius 3 is 2.71 bits per heavy atom. The van der Waals surface area contributed by atoms with Gasteiger partial charge in [0.1, 0.15) is 5.82 Å². The predicted octanol–water partition coefficient (Wildman–Crippen LogP) is 3.86. The van der Waals surface area contributed by atoms with Crippen molar-refractivity contribution in [1.29, 1.82) is 0 Å². The average Bonchev–Trinajstić information content (AvgIpc) is 2.83. The fourth-order valence-electron chi connectivity index (χ4n) is 2.92.